The Kier molecular flexibility index (Phi) is 46.2. The van der Waals surface area contributed by atoms with E-state index in [4.69, 9.17) is 17.2 Å². The molecule has 15 atom stereocenters. The Morgan fingerprint density at radius 2 is 0.667 bits per heavy atom. The zero-order valence-corrected chi connectivity index (χ0v) is 65.7. The highest BCUT2D eigenvalue weighted by molar-refractivity contribution is 6.00. The number of rotatable bonds is 52. The molecule has 0 spiro atoms. The second-order valence-electron chi connectivity index (χ2n) is 29.4. The molecule has 0 radical (unpaired) electrons. The molecule has 0 rings (SSSR count). The quantitative estimate of drug-likeness (QED) is 0.0255. The maximum atomic E-state index is 13.9. The van der Waals surface area contributed by atoms with Crippen LogP contribution in [0.1, 0.15) is 182 Å². The largest absolute Gasteiger partial charge is 0.481 e. The van der Waals surface area contributed by atoms with Crippen LogP contribution in [0.3, 0.4) is 0 Å². The van der Waals surface area contributed by atoms with Crippen LogP contribution >= 0.6 is 0 Å². The molecule has 0 aromatic carbocycles. The molecule has 0 aliphatic heterocycles. The molecule has 24 N–H and O–H groups in total. The van der Waals surface area contributed by atoms with Crippen molar-refractivity contribution in [1.29, 1.82) is 0 Å². The van der Waals surface area contributed by atoms with Crippen molar-refractivity contribution in [3.8, 4) is 0 Å². The smallest absolute Gasteiger partial charge is 0.326 e. The Bertz CT molecular complexity index is 3020. The Labute approximate surface area is 632 Å². The fraction of sp³-hybridized carbons (Fsp3) is 0.757. The standard InChI is InChI=1S/C70H126N18O20/c1-18-39(14)56(70(107)108)87-69(106)57(42(17)89)88-63(100)45(27-33(2)3)81-59(96)41(16)78-61(98)44(24-20-22-26-72)79-49(91)32-76-65(102)52(35(6)7)83-64(101)47(29-51(93)94)80-50(92)31-74-58(95)40(15)77-48(90)30-75-66(103)53(36(8)9)85-68(105)55(38(12)13)86-67(104)54(37(10)11)84-62(99)46(28-34(4)5)82-60(97)43(73)23-19-21-25-71/h33-47,52-57,89H,18-32,71-73H2,1-17H3,(H,74,95)(H,75,103)(H,76,102)(H,77,90)(H,78,98)(H,79,91)(H,80,92)(H,81,96)(H,82,97)(H,83,101)(H,84,99)(H,85,105)(H,86,104)(H,87,106)(H,88,100)(H,93,94)(H,107,108)/t39-,40-,41-,42+,43-,44-,45-,46-,47-,52-,53-,54-,55-,56-,57-/m0/s1. The summed E-state index contributed by atoms with van der Waals surface area (Å²) in [7, 11) is 0. The third-order valence-corrected chi connectivity index (χ3v) is 17.2. The minimum atomic E-state index is -1.85. The van der Waals surface area contributed by atoms with Crippen molar-refractivity contribution >= 4 is 101 Å². The normalized spacial score (nSPS) is 15.5. The fourth-order valence-electron chi connectivity index (χ4n) is 10.6. The van der Waals surface area contributed by atoms with Gasteiger partial charge in [0.1, 0.15) is 72.5 Å². The van der Waals surface area contributed by atoms with E-state index in [0.29, 0.717) is 45.1 Å². The molecule has 616 valence electrons. The highest BCUT2D eigenvalue weighted by atomic mass is 16.4. The number of nitrogens with one attached hydrogen (secondary N) is 15. The van der Waals surface area contributed by atoms with Gasteiger partial charge in [0.15, 0.2) is 0 Å². The van der Waals surface area contributed by atoms with E-state index in [1.165, 1.54) is 34.6 Å². The van der Waals surface area contributed by atoms with Crippen LogP contribution in [0.5, 0.6) is 0 Å². The van der Waals surface area contributed by atoms with Gasteiger partial charge in [-0.3, -0.25) is 76.7 Å². The molecule has 0 unspecified atom stereocenters. The number of aliphatic hydroxyl groups is 1. The van der Waals surface area contributed by atoms with Gasteiger partial charge in [-0.05, 0) is 120 Å². The highest BCUT2D eigenvalue weighted by Crippen LogP contribution is 2.15. The summed E-state index contributed by atoms with van der Waals surface area (Å²) in [4.78, 5) is 226. The number of amides is 15. The van der Waals surface area contributed by atoms with Gasteiger partial charge >= 0.3 is 11.9 Å². The van der Waals surface area contributed by atoms with E-state index in [1.807, 2.05) is 13.8 Å². The number of unbranched alkanes of at least 4 members (excludes halogenated alkanes) is 2. The van der Waals surface area contributed by atoms with Crippen molar-refractivity contribution in [2.24, 2.45) is 58.6 Å². The summed E-state index contributed by atoms with van der Waals surface area (Å²) in [6, 6.07) is -17.3. The van der Waals surface area contributed by atoms with Gasteiger partial charge in [-0.1, -0.05) is 110 Å². The second-order valence-corrected chi connectivity index (χ2v) is 29.4. The second kappa shape index (κ2) is 50.5. The Balaban J connectivity index is 5.91. The van der Waals surface area contributed by atoms with Crippen molar-refractivity contribution in [1.82, 2.24) is 79.8 Å². The number of aliphatic carboxylic acids is 2. The van der Waals surface area contributed by atoms with E-state index < -0.39 is 241 Å². The predicted molar refractivity (Wildman–Crippen MR) is 397 cm³/mol. The lowest BCUT2D eigenvalue weighted by atomic mass is 9.97. The fourth-order valence-corrected chi connectivity index (χ4v) is 10.6. The van der Waals surface area contributed by atoms with Crippen LogP contribution in [0.2, 0.25) is 0 Å². The maximum Gasteiger partial charge on any atom is 0.326 e. The molecule has 0 heterocycles. The monoisotopic (exact) mass is 1540 g/mol. The number of hydrogen-bond donors (Lipinski definition) is 21. The Morgan fingerprint density at radius 3 is 1.06 bits per heavy atom. The summed E-state index contributed by atoms with van der Waals surface area (Å²) in [5.41, 5.74) is 17.3. The van der Waals surface area contributed by atoms with Crippen molar-refractivity contribution in [2.45, 2.75) is 267 Å². The van der Waals surface area contributed by atoms with E-state index in [2.05, 4.69) is 79.8 Å². The minimum Gasteiger partial charge on any atom is -0.481 e. The van der Waals surface area contributed by atoms with Crippen LogP contribution in [-0.2, 0) is 81.5 Å². The lowest BCUT2D eigenvalue weighted by Gasteiger charge is -2.30. The molecule has 0 aromatic rings. The topological polar surface area (TPSA) is 609 Å². The maximum absolute atomic E-state index is 13.9. The number of carbonyl (C=O) groups excluding carboxylic acids is 15. The van der Waals surface area contributed by atoms with Gasteiger partial charge in [-0.15, -0.1) is 0 Å². The molecule has 38 nitrogen and oxygen atoms in total. The first-order valence-corrected chi connectivity index (χ1v) is 37.0. The Morgan fingerprint density at radius 1 is 0.333 bits per heavy atom. The number of carboxylic acid groups (broad SMARTS) is 2. The van der Waals surface area contributed by atoms with E-state index in [-0.39, 0.29) is 37.6 Å². The summed E-state index contributed by atoms with van der Waals surface area (Å²) in [5, 5.41) is 66.7. The molecule has 15 amide bonds. The van der Waals surface area contributed by atoms with Crippen LogP contribution in [0.4, 0.5) is 0 Å². The minimum absolute atomic E-state index is 0.00948. The van der Waals surface area contributed by atoms with E-state index in [9.17, 15) is 96.8 Å². The lowest BCUT2D eigenvalue weighted by molar-refractivity contribution is -0.144. The summed E-state index contributed by atoms with van der Waals surface area (Å²) in [5.74, 6) is -19.1. The average Bonchev–Trinajstić information content (AvgIpc) is 0.853. The molecule has 0 aromatic heterocycles. The lowest BCUT2D eigenvalue weighted by Crippen LogP contribution is -2.61. The first-order valence-electron chi connectivity index (χ1n) is 37.0. The molecule has 0 saturated heterocycles. The van der Waals surface area contributed by atoms with Crippen molar-refractivity contribution in [3.05, 3.63) is 0 Å². The number of nitrogens with two attached hydrogens (primary N) is 3. The SMILES string of the molecule is CC[C@H](C)[C@H](NC(=O)[C@@H](NC(=O)[C@H](CC(C)C)NC(=O)[C@H](C)NC(=O)[C@H](CCCCN)NC(=O)CNC(=O)[C@@H](NC(=O)[C@H](CC(=O)O)NC(=O)CNC(=O)[C@H](C)NC(=O)CNC(=O)[C@@H](NC(=O)[C@@H](NC(=O)[C@@H](NC(=O)[C@H](CC(C)C)NC(=O)[C@@H](N)CCCCN)C(C)C)C(C)C)C(C)C)C(C)C)[C@@H](C)O)C(=O)O. The number of hydrogen-bond acceptors (Lipinski definition) is 21. The van der Waals surface area contributed by atoms with Crippen LogP contribution in [-0.4, -0.2) is 233 Å². The number of aliphatic hydroxyl groups excluding tert-OH is 1. The predicted octanol–water partition coefficient (Wildman–Crippen LogP) is -4.52. The molecule has 0 aliphatic rings. The summed E-state index contributed by atoms with van der Waals surface area (Å²) >= 11 is 0. The van der Waals surface area contributed by atoms with Gasteiger partial charge in [-0.25, -0.2) is 4.79 Å². The number of carbonyl (C=O) groups is 17. The molecule has 0 bridgehead atoms. The first kappa shape index (κ1) is 98.8. The summed E-state index contributed by atoms with van der Waals surface area (Å²) in [6.07, 6.45) is 0.420. The molecular weight excluding hydrogens is 1410 g/mol. The first-order chi connectivity index (χ1) is 50.2. The summed E-state index contributed by atoms with van der Waals surface area (Å²) < 4.78 is 0. The molecule has 38 heteroatoms. The van der Waals surface area contributed by atoms with Crippen molar-refractivity contribution in [2.75, 3.05) is 32.7 Å². The van der Waals surface area contributed by atoms with Crippen LogP contribution in [0.25, 0.3) is 0 Å². The highest BCUT2D eigenvalue weighted by Gasteiger charge is 2.39. The van der Waals surface area contributed by atoms with Gasteiger partial charge in [0.2, 0.25) is 88.6 Å². The zero-order chi connectivity index (χ0) is 83.2. The molecule has 0 fully saturated rings. The molecule has 0 aliphatic carbocycles. The van der Waals surface area contributed by atoms with Crippen LogP contribution < -0.4 is 97.0 Å². The van der Waals surface area contributed by atoms with Gasteiger partial charge in [0, 0.05) is 0 Å². The van der Waals surface area contributed by atoms with Crippen molar-refractivity contribution in [3.63, 3.8) is 0 Å². The van der Waals surface area contributed by atoms with Gasteiger partial charge < -0.3 is 112 Å². The van der Waals surface area contributed by atoms with E-state index in [0.717, 1.165) is 0 Å². The zero-order valence-electron chi connectivity index (χ0n) is 65.7. The average molecular weight is 1540 g/mol. The Hall–Kier alpha value is -9.17. The van der Waals surface area contributed by atoms with E-state index >= 15 is 0 Å². The van der Waals surface area contributed by atoms with E-state index in [1.54, 1.807) is 69.2 Å². The summed E-state index contributed by atoms with van der Waals surface area (Å²) in [6.45, 7) is 25.4. The van der Waals surface area contributed by atoms with Crippen LogP contribution in [0, 0.1) is 41.4 Å². The van der Waals surface area contributed by atoms with Gasteiger partial charge in [0.05, 0.1) is 38.2 Å². The molecule has 108 heavy (non-hydrogen) atoms. The number of carboxylic acids is 2. The third-order valence-electron chi connectivity index (χ3n) is 17.2. The molecular formula is C70H126N18O20. The third kappa shape index (κ3) is 37.6. The van der Waals surface area contributed by atoms with Gasteiger partial charge in [0.25, 0.3) is 0 Å². The van der Waals surface area contributed by atoms with Gasteiger partial charge in [-0.2, -0.15) is 0 Å². The molecule has 0 saturated carbocycles. The van der Waals surface area contributed by atoms with Crippen LogP contribution in [0.15, 0.2) is 0 Å². The van der Waals surface area contributed by atoms with Crippen molar-refractivity contribution < 1.29 is 96.8 Å².